The SMILES string of the molecule is C[C@H](CCc1ccccc1)CC(=O)N1CCC[C@H]1c1ccncc1. The quantitative estimate of drug-likeness (QED) is 0.789. The highest BCUT2D eigenvalue weighted by Gasteiger charge is 2.30. The molecule has 0 bridgehead atoms. The normalized spacial score (nSPS) is 18.5. The Bertz CT molecular complexity index is 641. The molecule has 1 aliphatic heterocycles. The fourth-order valence-electron chi connectivity index (χ4n) is 3.57. The highest BCUT2D eigenvalue weighted by Crippen LogP contribution is 2.32. The zero-order valence-corrected chi connectivity index (χ0v) is 14.4. The van der Waals surface area contributed by atoms with Crippen molar-refractivity contribution in [2.24, 2.45) is 5.92 Å². The van der Waals surface area contributed by atoms with Gasteiger partial charge in [0.05, 0.1) is 6.04 Å². The summed E-state index contributed by atoms with van der Waals surface area (Å²) in [6, 6.07) is 14.8. The predicted molar refractivity (Wildman–Crippen MR) is 96.5 cm³/mol. The number of amides is 1. The van der Waals surface area contributed by atoms with Gasteiger partial charge in [0, 0.05) is 25.4 Å². The van der Waals surface area contributed by atoms with Crippen LogP contribution in [0.4, 0.5) is 0 Å². The minimum Gasteiger partial charge on any atom is -0.336 e. The summed E-state index contributed by atoms with van der Waals surface area (Å²) in [6.45, 7) is 3.08. The highest BCUT2D eigenvalue weighted by molar-refractivity contribution is 5.77. The lowest BCUT2D eigenvalue weighted by Gasteiger charge is -2.26. The lowest BCUT2D eigenvalue weighted by molar-refractivity contribution is -0.133. The number of hydrogen-bond acceptors (Lipinski definition) is 2. The third kappa shape index (κ3) is 4.22. The number of hydrogen-bond donors (Lipinski definition) is 0. The minimum absolute atomic E-state index is 0.238. The molecule has 126 valence electrons. The van der Waals surface area contributed by atoms with E-state index in [9.17, 15) is 4.79 Å². The average Bonchev–Trinajstić information content (AvgIpc) is 3.11. The Labute approximate surface area is 144 Å². The van der Waals surface area contributed by atoms with Crippen LogP contribution in [-0.4, -0.2) is 22.3 Å². The molecule has 0 radical (unpaired) electrons. The number of likely N-dealkylation sites (tertiary alicyclic amines) is 1. The van der Waals surface area contributed by atoms with Gasteiger partial charge in [-0.05, 0) is 54.9 Å². The first-order chi connectivity index (χ1) is 11.7. The second-order valence-corrected chi connectivity index (χ2v) is 6.86. The van der Waals surface area contributed by atoms with E-state index in [1.54, 1.807) is 0 Å². The van der Waals surface area contributed by atoms with Crippen molar-refractivity contribution in [1.82, 2.24) is 9.88 Å². The Morgan fingerprint density at radius 3 is 2.71 bits per heavy atom. The Hall–Kier alpha value is -2.16. The Balaban J connectivity index is 1.54. The van der Waals surface area contributed by atoms with Gasteiger partial charge in [0.15, 0.2) is 0 Å². The first kappa shape index (κ1) is 16.7. The van der Waals surface area contributed by atoms with Gasteiger partial charge in [0.2, 0.25) is 5.91 Å². The van der Waals surface area contributed by atoms with Crippen LogP contribution in [0.5, 0.6) is 0 Å². The molecular formula is C21H26N2O. The Morgan fingerprint density at radius 1 is 1.21 bits per heavy atom. The van der Waals surface area contributed by atoms with Gasteiger partial charge in [0.1, 0.15) is 0 Å². The number of carbonyl (C=O) groups is 1. The van der Waals surface area contributed by atoms with Crippen LogP contribution in [-0.2, 0) is 11.2 Å². The van der Waals surface area contributed by atoms with Crippen LogP contribution in [0.15, 0.2) is 54.9 Å². The van der Waals surface area contributed by atoms with Crippen LogP contribution in [0.3, 0.4) is 0 Å². The molecular weight excluding hydrogens is 296 g/mol. The molecule has 0 unspecified atom stereocenters. The highest BCUT2D eigenvalue weighted by atomic mass is 16.2. The second kappa shape index (κ2) is 8.09. The summed E-state index contributed by atoms with van der Waals surface area (Å²) in [5.41, 5.74) is 2.57. The van der Waals surface area contributed by atoms with Gasteiger partial charge in [-0.1, -0.05) is 37.3 Å². The van der Waals surface area contributed by atoms with Gasteiger partial charge in [-0.15, -0.1) is 0 Å². The molecule has 24 heavy (non-hydrogen) atoms. The van der Waals surface area contributed by atoms with Gasteiger partial charge in [-0.3, -0.25) is 9.78 Å². The molecule has 0 spiro atoms. The van der Waals surface area contributed by atoms with Crippen molar-refractivity contribution in [2.75, 3.05) is 6.54 Å². The topological polar surface area (TPSA) is 33.2 Å². The minimum atomic E-state index is 0.238. The first-order valence-electron chi connectivity index (χ1n) is 8.97. The molecule has 2 atom stereocenters. The molecule has 2 heterocycles. The zero-order chi connectivity index (χ0) is 16.8. The van der Waals surface area contributed by atoms with E-state index in [1.807, 2.05) is 30.6 Å². The maximum Gasteiger partial charge on any atom is 0.223 e. The average molecular weight is 322 g/mol. The number of aromatic nitrogens is 1. The van der Waals surface area contributed by atoms with E-state index in [2.05, 4.69) is 41.1 Å². The van der Waals surface area contributed by atoms with E-state index in [1.165, 1.54) is 11.1 Å². The van der Waals surface area contributed by atoms with Crippen LogP contribution < -0.4 is 0 Å². The number of carbonyl (C=O) groups excluding carboxylic acids is 1. The van der Waals surface area contributed by atoms with Crippen LogP contribution in [0.25, 0.3) is 0 Å². The first-order valence-corrected chi connectivity index (χ1v) is 8.97. The third-order valence-electron chi connectivity index (χ3n) is 4.96. The smallest absolute Gasteiger partial charge is 0.223 e. The molecule has 0 aliphatic carbocycles. The van der Waals surface area contributed by atoms with Crippen molar-refractivity contribution in [1.29, 1.82) is 0 Å². The van der Waals surface area contributed by atoms with Gasteiger partial charge in [-0.25, -0.2) is 0 Å². The Kier molecular flexibility index (Phi) is 5.63. The number of pyridine rings is 1. The molecule has 0 saturated carbocycles. The molecule has 1 aromatic heterocycles. The number of nitrogens with zero attached hydrogens (tertiary/aromatic N) is 2. The molecule has 1 saturated heterocycles. The maximum atomic E-state index is 12.8. The van der Waals surface area contributed by atoms with Crippen LogP contribution in [0.2, 0.25) is 0 Å². The Morgan fingerprint density at radius 2 is 1.96 bits per heavy atom. The maximum absolute atomic E-state index is 12.8. The molecule has 3 nitrogen and oxygen atoms in total. The van der Waals surface area contributed by atoms with E-state index in [0.29, 0.717) is 18.2 Å². The summed E-state index contributed by atoms with van der Waals surface area (Å²) >= 11 is 0. The summed E-state index contributed by atoms with van der Waals surface area (Å²) in [6.07, 6.45) is 8.55. The zero-order valence-electron chi connectivity index (χ0n) is 14.4. The molecule has 3 heteroatoms. The van der Waals surface area contributed by atoms with Crippen molar-refractivity contribution in [3.63, 3.8) is 0 Å². The van der Waals surface area contributed by atoms with Crippen molar-refractivity contribution in [2.45, 2.75) is 45.1 Å². The van der Waals surface area contributed by atoms with Gasteiger partial charge < -0.3 is 4.90 Å². The lowest BCUT2D eigenvalue weighted by atomic mass is 9.97. The predicted octanol–water partition coefficient (Wildman–Crippen LogP) is 4.40. The second-order valence-electron chi connectivity index (χ2n) is 6.86. The lowest BCUT2D eigenvalue weighted by Crippen LogP contribution is -2.31. The molecule has 1 fully saturated rings. The number of rotatable bonds is 6. The van der Waals surface area contributed by atoms with E-state index >= 15 is 0 Å². The largest absolute Gasteiger partial charge is 0.336 e. The molecule has 0 N–H and O–H groups in total. The van der Waals surface area contributed by atoms with E-state index in [0.717, 1.165) is 32.2 Å². The van der Waals surface area contributed by atoms with Crippen LogP contribution in [0, 0.1) is 5.92 Å². The van der Waals surface area contributed by atoms with Gasteiger partial charge in [0.25, 0.3) is 0 Å². The van der Waals surface area contributed by atoms with Gasteiger partial charge >= 0.3 is 0 Å². The van der Waals surface area contributed by atoms with Crippen LogP contribution >= 0.6 is 0 Å². The van der Waals surface area contributed by atoms with Crippen molar-refractivity contribution in [3.8, 4) is 0 Å². The van der Waals surface area contributed by atoms with Crippen molar-refractivity contribution >= 4 is 5.91 Å². The van der Waals surface area contributed by atoms with Gasteiger partial charge in [-0.2, -0.15) is 0 Å². The molecule has 3 rings (SSSR count). The summed E-state index contributed by atoms with van der Waals surface area (Å²) in [5.74, 6) is 0.714. The molecule has 1 amide bonds. The summed E-state index contributed by atoms with van der Waals surface area (Å²) in [5, 5.41) is 0. The van der Waals surface area contributed by atoms with E-state index in [4.69, 9.17) is 0 Å². The number of benzene rings is 1. The molecule has 1 aromatic carbocycles. The fraction of sp³-hybridized carbons (Fsp3) is 0.429. The van der Waals surface area contributed by atoms with E-state index < -0.39 is 0 Å². The monoisotopic (exact) mass is 322 g/mol. The third-order valence-corrected chi connectivity index (χ3v) is 4.96. The summed E-state index contributed by atoms with van der Waals surface area (Å²) < 4.78 is 0. The van der Waals surface area contributed by atoms with Crippen molar-refractivity contribution in [3.05, 3.63) is 66.0 Å². The number of aryl methyl sites for hydroxylation is 1. The molecule has 2 aromatic rings. The molecule has 1 aliphatic rings. The van der Waals surface area contributed by atoms with E-state index in [-0.39, 0.29) is 6.04 Å². The summed E-state index contributed by atoms with van der Waals surface area (Å²) in [4.78, 5) is 18.9. The van der Waals surface area contributed by atoms with Crippen LogP contribution in [0.1, 0.15) is 49.8 Å². The standard InChI is InChI=1S/C21H26N2O/c1-17(9-10-18-6-3-2-4-7-18)16-21(24)23-15-5-8-20(23)19-11-13-22-14-12-19/h2-4,6-7,11-14,17,20H,5,8-10,15-16H2,1H3/t17-,20+/m1/s1. The summed E-state index contributed by atoms with van der Waals surface area (Å²) in [7, 11) is 0. The fourth-order valence-corrected chi connectivity index (χ4v) is 3.57. The van der Waals surface area contributed by atoms with Crippen molar-refractivity contribution < 1.29 is 4.79 Å².